The van der Waals surface area contributed by atoms with Crippen molar-refractivity contribution in [3.63, 3.8) is 0 Å². The lowest BCUT2D eigenvalue weighted by molar-refractivity contribution is 0.0947. The molecule has 0 aliphatic heterocycles. The van der Waals surface area contributed by atoms with Gasteiger partial charge in [0, 0.05) is 35.0 Å². The standard InChI is InChI=1S/C18H20N4O2S.C5H7N3S/c1-11-8-14(24-22-11)10-19-17(23)12-6-7-15-16(9-12)25-18(21-15)20-13-4-2-3-5-13;1-9-4-2-7-5(6)8-3-4/h6-9,13H,2-5,10H2,1H3,(H,19,23)(H,20,21);2-3H,1H3,(H2,6,7,8). The highest BCUT2D eigenvalue weighted by Gasteiger charge is 2.17. The van der Waals surface area contributed by atoms with Gasteiger partial charge >= 0.3 is 0 Å². The van der Waals surface area contributed by atoms with E-state index >= 15 is 0 Å². The van der Waals surface area contributed by atoms with Crippen molar-refractivity contribution in [2.75, 3.05) is 17.3 Å². The molecule has 178 valence electrons. The molecule has 1 fully saturated rings. The molecular weight excluding hydrogens is 470 g/mol. The molecule has 4 N–H and O–H groups in total. The van der Waals surface area contributed by atoms with E-state index in [1.165, 1.54) is 25.7 Å². The van der Waals surface area contributed by atoms with Crippen molar-refractivity contribution in [1.82, 2.24) is 25.4 Å². The van der Waals surface area contributed by atoms with E-state index in [9.17, 15) is 4.79 Å². The van der Waals surface area contributed by atoms with Gasteiger partial charge in [-0.2, -0.15) is 0 Å². The van der Waals surface area contributed by atoms with Gasteiger partial charge in [-0.1, -0.05) is 29.3 Å². The van der Waals surface area contributed by atoms with Crippen LogP contribution in [0.4, 0.5) is 11.1 Å². The zero-order valence-electron chi connectivity index (χ0n) is 19.1. The number of benzene rings is 1. The molecule has 3 aromatic heterocycles. The predicted octanol–water partition coefficient (Wildman–Crippen LogP) is 4.66. The summed E-state index contributed by atoms with van der Waals surface area (Å²) in [4.78, 5) is 25.6. The van der Waals surface area contributed by atoms with Crippen molar-refractivity contribution in [3.05, 3.63) is 53.7 Å². The fourth-order valence-corrected chi connectivity index (χ4v) is 4.87. The van der Waals surface area contributed by atoms with Crippen molar-refractivity contribution in [3.8, 4) is 0 Å². The molecule has 1 saturated carbocycles. The Labute approximate surface area is 206 Å². The molecule has 3 heterocycles. The lowest BCUT2D eigenvalue weighted by Crippen LogP contribution is -2.22. The Morgan fingerprint density at radius 2 is 2.00 bits per heavy atom. The number of carbonyl (C=O) groups is 1. The number of anilines is 2. The molecule has 1 aliphatic carbocycles. The maximum absolute atomic E-state index is 12.3. The molecular formula is C23H27N7O2S2. The SMILES string of the molecule is CSc1cnc(N)nc1.Cc1cc(CNC(=O)c2ccc3nc(NC4CCCC4)sc3c2)on1. The second-order valence-corrected chi connectivity index (χ2v) is 9.84. The van der Waals surface area contributed by atoms with Crippen LogP contribution in [0.2, 0.25) is 0 Å². The summed E-state index contributed by atoms with van der Waals surface area (Å²) < 4.78 is 6.12. The third-order valence-corrected chi connectivity index (χ3v) is 6.95. The number of fused-ring (bicyclic) bond motifs is 1. The Kier molecular flexibility index (Phi) is 7.96. The summed E-state index contributed by atoms with van der Waals surface area (Å²) in [5.74, 6) is 0.843. The molecule has 34 heavy (non-hydrogen) atoms. The van der Waals surface area contributed by atoms with Gasteiger partial charge in [-0.3, -0.25) is 4.79 Å². The van der Waals surface area contributed by atoms with Crippen LogP contribution in [0.1, 0.15) is 47.5 Å². The first-order chi connectivity index (χ1) is 16.5. The van der Waals surface area contributed by atoms with Gasteiger partial charge in [-0.25, -0.2) is 15.0 Å². The van der Waals surface area contributed by atoms with Crippen LogP contribution in [0.25, 0.3) is 10.2 Å². The van der Waals surface area contributed by atoms with Crippen LogP contribution >= 0.6 is 23.1 Å². The summed E-state index contributed by atoms with van der Waals surface area (Å²) in [6.07, 6.45) is 10.4. The second kappa shape index (κ2) is 11.3. The van der Waals surface area contributed by atoms with E-state index in [-0.39, 0.29) is 5.91 Å². The molecule has 0 bridgehead atoms. The Morgan fingerprint density at radius 1 is 1.24 bits per heavy atom. The molecule has 11 heteroatoms. The van der Waals surface area contributed by atoms with Crippen molar-refractivity contribution in [2.24, 2.45) is 0 Å². The molecule has 1 amide bonds. The fourth-order valence-electron chi connectivity index (χ4n) is 3.57. The fraction of sp³-hybridized carbons (Fsp3) is 0.348. The first kappa shape index (κ1) is 24.0. The number of amides is 1. The molecule has 1 aromatic carbocycles. The minimum Gasteiger partial charge on any atom is -0.368 e. The number of aromatic nitrogens is 4. The summed E-state index contributed by atoms with van der Waals surface area (Å²) in [5.41, 5.74) is 7.60. The van der Waals surface area contributed by atoms with Gasteiger partial charge in [0.05, 0.1) is 22.5 Å². The number of nitrogens with two attached hydrogens (primary N) is 1. The van der Waals surface area contributed by atoms with E-state index in [1.807, 2.05) is 37.4 Å². The molecule has 4 aromatic rings. The molecule has 0 atom stereocenters. The molecule has 0 spiro atoms. The van der Waals surface area contributed by atoms with Crippen molar-refractivity contribution in [2.45, 2.75) is 50.1 Å². The van der Waals surface area contributed by atoms with Gasteiger partial charge in [0.1, 0.15) is 0 Å². The molecule has 1 aliphatic rings. The quantitative estimate of drug-likeness (QED) is 0.325. The van der Waals surface area contributed by atoms with Crippen LogP contribution in [0.15, 0.2) is 46.1 Å². The monoisotopic (exact) mass is 497 g/mol. The van der Waals surface area contributed by atoms with Crippen molar-refractivity contribution in [1.29, 1.82) is 0 Å². The van der Waals surface area contributed by atoms with E-state index in [1.54, 1.807) is 35.5 Å². The van der Waals surface area contributed by atoms with Gasteiger partial charge in [0.15, 0.2) is 10.9 Å². The first-order valence-corrected chi connectivity index (χ1v) is 13.0. The van der Waals surface area contributed by atoms with E-state index < -0.39 is 0 Å². The number of hydrogen-bond donors (Lipinski definition) is 3. The maximum Gasteiger partial charge on any atom is 0.251 e. The summed E-state index contributed by atoms with van der Waals surface area (Å²) in [7, 11) is 0. The average Bonchev–Trinajstić information content (AvgIpc) is 3.59. The highest BCUT2D eigenvalue weighted by atomic mass is 32.2. The van der Waals surface area contributed by atoms with E-state index in [0.29, 0.717) is 29.9 Å². The summed E-state index contributed by atoms with van der Waals surface area (Å²) in [6, 6.07) is 7.96. The van der Waals surface area contributed by atoms with E-state index in [2.05, 4.69) is 30.7 Å². The maximum atomic E-state index is 12.3. The smallest absolute Gasteiger partial charge is 0.251 e. The lowest BCUT2D eigenvalue weighted by atomic mass is 10.2. The molecule has 0 saturated heterocycles. The van der Waals surface area contributed by atoms with Gasteiger partial charge in [-0.15, -0.1) is 11.8 Å². The van der Waals surface area contributed by atoms with Crippen LogP contribution in [-0.4, -0.2) is 38.3 Å². The topological polar surface area (TPSA) is 132 Å². The number of nitrogens with zero attached hydrogens (tertiary/aromatic N) is 4. The number of thioether (sulfide) groups is 1. The van der Waals surface area contributed by atoms with Crippen LogP contribution in [0, 0.1) is 6.92 Å². The molecule has 5 rings (SSSR count). The summed E-state index contributed by atoms with van der Waals surface area (Å²) in [6.45, 7) is 2.18. The number of hydrogen-bond acceptors (Lipinski definition) is 10. The van der Waals surface area contributed by atoms with Crippen LogP contribution in [0.3, 0.4) is 0 Å². The minimum atomic E-state index is -0.130. The summed E-state index contributed by atoms with van der Waals surface area (Å²) >= 11 is 3.20. The van der Waals surface area contributed by atoms with Crippen molar-refractivity contribution < 1.29 is 9.32 Å². The predicted molar refractivity (Wildman–Crippen MR) is 136 cm³/mol. The number of nitrogens with one attached hydrogen (secondary N) is 2. The number of rotatable bonds is 6. The second-order valence-electron chi connectivity index (χ2n) is 7.93. The summed E-state index contributed by atoms with van der Waals surface area (Å²) in [5, 5.41) is 11.1. The largest absolute Gasteiger partial charge is 0.368 e. The van der Waals surface area contributed by atoms with Crippen LogP contribution in [0.5, 0.6) is 0 Å². The van der Waals surface area contributed by atoms with E-state index in [4.69, 9.17) is 10.3 Å². The molecule has 9 nitrogen and oxygen atoms in total. The number of aryl methyl sites for hydroxylation is 1. The zero-order chi connectivity index (χ0) is 23.9. The normalized spacial score (nSPS) is 13.5. The van der Waals surface area contributed by atoms with Gasteiger partial charge in [-0.05, 0) is 44.2 Å². The van der Waals surface area contributed by atoms with Crippen LogP contribution in [-0.2, 0) is 6.54 Å². The van der Waals surface area contributed by atoms with Gasteiger partial charge < -0.3 is 20.9 Å². The Morgan fingerprint density at radius 3 is 2.68 bits per heavy atom. The third-order valence-electron chi connectivity index (χ3n) is 5.32. The Hall–Kier alpha value is -3.18. The van der Waals surface area contributed by atoms with Gasteiger partial charge in [0.2, 0.25) is 5.95 Å². The third kappa shape index (κ3) is 6.45. The number of thiazole rings is 1. The number of carbonyl (C=O) groups excluding carboxylic acids is 1. The molecule has 0 unspecified atom stereocenters. The van der Waals surface area contributed by atoms with E-state index in [0.717, 1.165) is 25.9 Å². The van der Waals surface area contributed by atoms with Gasteiger partial charge in [0.25, 0.3) is 5.91 Å². The zero-order valence-corrected chi connectivity index (χ0v) is 20.7. The lowest BCUT2D eigenvalue weighted by Gasteiger charge is -2.09. The molecule has 0 radical (unpaired) electrons. The minimum absolute atomic E-state index is 0.130. The Balaban J connectivity index is 0.000000257. The highest BCUT2D eigenvalue weighted by molar-refractivity contribution is 7.98. The van der Waals surface area contributed by atoms with Crippen molar-refractivity contribution >= 4 is 50.3 Å². The highest BCUT2D eigenvalue weighted by Crippen LogP contribution is 2.30. The number of nitrogen functional groups attached to an aromatic ring is 1. The van der Waals surface area contributed by atoms with Crippen LogP contribution < -0.4 is 16.4 Å². The first-order valence-electron chi connectivity index (χ1n) is 11.0. The Bertz CT molecular complexity index is 1230. The average molecular weight is 498 g/mol.